The van der Waals surface area contributed by atoms with Gasteiger partial charge in [-0.1, -0.05) is 12.8 Å². The van der Waals surface area contributed by atoms with Crippen LogP contribution in [0.15, 0.2) is 11.6 Å². The molecule has 1 aliphatic rings. The summed E-state index contributed by atoms with van der Waals surface area (Å²) >= 11 is 0. The first-order valence-corrected chi connectivity index (χ1v) is 3.12. The molecule has 8 heavy (non-hydrogen) atoms. The van der Waals surface area contributed by atoms with Gasteiger partial charge in [-0.3, -0.25) is 0 Å². The topological polar surface area (TPSA) is 12.4 Å². The number of aliphatic imine (C=N–C) groups is 1. The van der Waals surface area contributed by atoms with E-state index in [4.69, 9.17) is 0 Å². The van der Waals surface area contributed by atoms with Crippen molar-refractivity contribution in [3.05, 3.63) is 6.58 Å². The maximum absolute atomic E-state index is 3.89. The minimum atomic E-state index is 0.939. The van der Waals surface area contributed by atoms with Gasteiger partial charge in [0.15, 0.2) is 0 Å². The van der Waals surface area contributed by atoms with Crippen LogP contribution in [-0.4, -0.2) is 12.4 Å². The van der Waals surface area contributed by atoms with E-state index in [-0.39, 0.29) is 0 Å². The van der Waals surface area contributed by atoms with E-state index >= 15 is 0 Å². The maximum atomic E-state index is 3.89. The normalized spacial score (nSPS) is 17.5. The van der Waals surface area contributed by atoms with Gasteiger partial charge >= 0.3 is 0 Å². The zero-order valence-corrected chi connectivity index (χ0v) is 5.06. The Hall–Kier alpha value is -0.550. The Labute approximate surface area is 50.1 Å². The van der Waals surface area contributed by atoms with Gasteiger partial charge in [-0.2, -0.15) is 0 Å². The smallest absolute Gasteiger partial charge is 0.0486 e. The third-order valence-electron chi connectivity index (χ3n) is 1.46. The van der Waals surface area contributed by atoms with Gasteiger partial charge in [0, 0.05) is 6.54 Å². The standard InChI is InChI=1S/C7H11N/c1-2-8-6-5-7-3-4-7/h7H,1,3-6H2. The number of nitrogens with zero attached hydrogens (tertiary/aromatic N) is 1. The molecule has 0 heterocycles. The summed E-state index contributed by atoms with van der Waals surface area (Å²) in [4.78, 5) is 3.89. The Kier molecular flexibility index (Phi) is 1.87. The fourth-order valence-corrected chi connectivity index (χ4v) is 0.733. The molecule has 0 aromatic heterocycles. The molecule has 1 heteroatoms. The van der Waals surface area contributed by atoms with E-state index in [0.29, 0.717) is 0 Å². The molecule has 1 rings (SSSR count). The fourth-order valence-electron chi connectivity index (χ4n) is 0.733. The molecule has 0 spiro atoms. The molecule has 0 aromatic carbocycles. The number of hydrogen-bond donors (Lipinski definition) is 0. The van der Waals surface area contributed by atoms with Crippen molar-refractivity contribution in [2.24, 2.45) is 10.9 Å². The highest BCUT2D eigenvalue weighted by atomic mass is 14.7. The van der Waals surface area contributed by atoms with E-state index in [1.54, 1.807) is 0 Å². The van der Waals surface area contributed by atoms with Gasteiger partial charge in [-0.05, 0) is 24.8 Å². The third-order valence-corrected chi connectivity index (χ3v) is 1.46. The van der Waals surface area contributed by atoms with Gasteiger partial charge in [-0.15, -0.1) is 0 Å². The van der Waals surface area contributed by atoms with E-state index in [9.17, 15) is 0 Å². The van der Waals surface area contributed by atoms with Gasteiger partial charge in [0.05, 0.1) is 0 Å². The van der Waals surface area contributed by atoms with Crippen molar-refractivity contribution in [2.75, 3.05) is 6.54 Å². The van der Waals surface area contributed by atoms with Crippen LogP contribution in [0.25, 0.3) is 0 Å². The van der Waals surface area contributed by atoms with Crippen LogP contribution in [0.1, 0.15) is 19.3 Å². The van der Waals surface area contributed by atoms with Crippen LogP contribution < -0.4 is 0 Å². The first kappa shape index (κ1) is 5.58. The monoisotopic (exact) mass is 109 g/mol. The Morgan fingerprint density at radius 1 is 1.62 bits per heavy atom. The molecule has 1 fully saturated rings. The summed E-state index contributed by atoms with van der Waals surface area (Å²) in [5, 5.41) is 0. The largest absolute Gasteiger partial charge is 0.244 e. The molecular weight excluding hydrogens is 98.1 g/mol. The molecular formula is C7H11N. The second kappa shape index (κ2) is 2.68. The average Bonchev–Trinajstić information content (AvgIpc) is 2.51. The minimum Gasteiger partial charge on any atom is -0.244 e. The van der Waals surface area contributed by atoms with Crippen LogP contribution in [0.4, 0.5) is 0 Å². The van der Waals surface area contributed by atoms with Crippen LogP contribution in [-0.2, 0) is 0 Å². The van der Waals surface area contributed by atoms with E-state index in [0.717, 1.165) is 12.5 Å². The first-order valence-electron chi connectivity index (χ1n) is 3.12. The van der Waals surface area contributed by atoms with Crippen LogP contribution in [0.5, 0.6) is 0 Å². The first-order chi connectivity index (χ1) is 3.93. The van der Waals surface area contributed by atoms with Crippen LogP contribution in [0.2, 0.25) is 0 Å². The third kappa shape index (κ3) is 1.94. The fraction of sp³-hybridized carbons (Fsp3) is 0.714. The van der Waals surface area contributed by atoms with Gasteiger partial charge < -0.3 is 0 Å². The quantitative estimate of drug-likeness (QED) is 0.488. The van der Waals surface area contributed by atoms with Crippen molar-refractivity contribution in [2.45, 2.75) is 19.3 Å². The summed E-state index contributed by atoms with van der Waals surface area (Å²) in [5.41, 5.74) is 0. The second-order valence-electron chi connectivity index (χ2n) is 2.27. The highest BCUT2D eigenvalue weighted by Crippen LogP contribution is 2.31. The van der Waals surface area contributed by atoms with Crippen molar-refractivity contribution in [1.29, 1.82) is 0 Å². The molecule has 0 aromatic rings. The summed E-state index contributed by atoms with van der Waals surface area (Å²) in [5.74, 6) is 3.52. The predicted octanol–water partition coefficient (Wildman–Crippen LogP) is 1.64. The Morgan fingerprint density at radius 2 is 2.38 bits per heavy atom. The molecule has 0 unspecified atom stereocenters. The van der Waals surface area contributed by atoms with E-state index < -0.39 is 0 Å². The van der Waals surface area contributed by atoms with E-state index in [1.165, 1.54) is 19.3 Å². The molecule has 1 nitrogen and oxygen atoms in total. The molecule has 1 aliphatic carbocycles. The summed E-state index contributed by atoms with van der Waals surface area (Å²) in [7, 11) is 0. The zero-order valence-electron chi connectivity index (χ0n) is 5.06. The predicted molar refractivity (Wildman–Crippen MR) is 35.3 cm³/mol. The highest BCUT2D eigenvalue weighted by Gasteiger charge is 2.19. The Balaban J connectivity index is 1.95. The van der Waals surface area contributed by atoms with Gasteiger partial charge in [0.25, 0.3) is 0 Å². The number of hydrogen-bond acceptors (Lipinski definition) is 1. The van der Waals surface area contributed by atoms with Crippen LogP contribution in [0.3, 0.4) is 0 Å². The molecule has 0 amide bonds. The SMILES string of the molecule is C=C=NCCC1CC1. The lowest BCUT2D eigenvalue weighted by molar-refractivity contribution is 0.742. The van der Waals surface area contributed by atoms with Gasteiger partial charge in [0.2, 0.25) is 0 Å². The van der Waals surface area contributed by atoms with Crippen LogP contribution in [0, 0.1) is 5.92 Å². The highest BCUT2D eigenvalue weighted by molar-refractivity contribution is 5.46. The van der Waals surface area contributed by atoms with Gasteiger partial charge in [0.1, 0.15) is 0 Å². The number of rotatable bonds is 3. The van der Waals surface area contributed by atoms with Crippen molar-refractivity contribution in [3.63, 3.8) is 0 Å². The molecule has 0 aliphatic heterocycles. The zero-order chi connectivity index (χ0) is 5.82. The molecule has 0 atom stereocenters. The summed E-state index contributed by atoms with van der Waals surface area (Å²) in [6.45, 7) is 4.32. The summed E-state index contributed by atoms with van der Waals surface area (Å²) < 4.78 is 0. The summed E-state index contributed by atoms with van der Waals surface area (Å²) in [6.07, 6.45) is 4.10. The lowest BCUT2D eigenvalue weighted by atomic mass is 10.3. The molecule has 0 radical (unpaired) electrons. The van der Waals surface area contributed by atoms with Crippen molar-refractivity contribution >= 4 is 5.87 Å². The van der Waals surface area contributed by atoms with Gasteiger partial charge in [-0.25, -0.2) is 4.99 Å². The molecule has 0 bridgehead atoms. The van der Waals surface area contributed by atoms with E-state index in [2.05, 4.69) is 17.4 Å². The molecule has 44 valence electrons. The Morgan fingerprint density at radius 3 is 2.88 bits per heavy atom. The van der Waals surface area contributed by atoms with E-state index in [1.807, 2.05) is 0 Å². The molecule has 0 saturated heterocycles. The van der Waals surface area contributed by atoms with Crippen LogP contribution >= 0.6 is 0 Å². The lowest BCUT2D eigenvalue weighted by Gasteiger charge is -1.84. The van der Waals surface area contributed by atoms with Crippen molar-refractivity contribution in [1.82, 2.24) is 0 Å². The maximum Gasteiger partial charge on any atom is 0.0486 e. The minimum absolute atomic E-state index is 0.939. The molecule has 1 saturated carbocycles. The van der Waals surface area contributed by atoms with Crippen molar-refractivity contribution in [3.8, 4) is 0 Å². The second-order valence-corrected chi connectivity index (χ2v) is 2.27. The molecule has 0 N–H and O–H groups in total. The lowest BCUT2D eigenvalue weighted by Crippen LogP contribution is -1.79. The Bertz CT molecular complexity index is 108. The summed E-state index contributed by atoms with van der Waals surface area (Å²) in [6, 6.07) is 0. The average molecular weight is 109 g/mol. The van der Waals surface area contributed by atoms with Crippen molar-refractivity contribution < 1.29 is 0 Å².